The van der Waals surface area contributed by atoms with Gasteiger partial charge in [0.25, 0.3) is 0 Å². The molecule has 0 aromatic heterocycles. The van der Waals surface area contributed by atoms with E-state index >= 15 is 0 Å². The summed E-state index contributed by atoms with van der Waals surface area (Å²) in [4.78, 5) is 23.9. The first-order valence-electron chi connectivity index (χ1n) is 13.2. The van der Waals surface area contributed by atoms with E-state index in [2.05, 4.69) is 44.3 Å². The fraction of sp³-hybridized carbons (Fsp3) is 0.600. The summed E-state index contributed by atoms with van der Waals surface area (Å²) in [5.41, 5.74) is 3.23. The lowest BCUT2D eigenvalue weighted by molar-refractivity contribution is -0.146. The normalized spacial score (nSPS) is 18.5. The first-order chi connectivity index (χ1) is 16.8. The average molecular weight is 485 g/mol. The van der Waals surface area contributed by atoms with E-state index in [1.807, 2.05) is 0 Å². The molecule has 1 atom stereocenters. The molecule has 1 fully saturated rings. The topological polar surface area (TPSA) is 72.8 Å². The van der Waals surface area contributed by atoms with Crippen molar-refractivity contribution in [2.24, 2.45) is 17.8 Å². The average Bonchev–Trinajstić information content (AvgIpc) is 2.87. The Bertz CT molecular complexity index is 818. The quantitative estimate of drug-likeness (QED) is 0.188. The highest BCUT2D eigenvalue weighted by Gasteiger charge is 2.30. The lowest BCUT2D eigenvalue weighted by Gasteiger charge is -2.33. The van der Waals surface area contributed by atoms with Crippen molar-refractivity contribution in [1.29, 1.82) is 0 Å². The minimum Gasteiger partial charge on any atom is -0.462 e. The molecule has 5 heteroatoms. The van der Waals surface area contributed by atoms with E-state index in [0.717, 1.165) is 32.1 Å². The summed E-state index contributed by atoms with van der Waals surface area (Å²) in [5, 5.41) is 9.10. The van der Waals surface area contributed by atoms with Gasteiger partial charge < -0.3 is 14.6 Å². The summed E-state index contributed by atoms with van der Waals surface area (Å²) < 4.78 is 10.8. The maximum Gasteiger partial charge on any atom is 0.335 e. The van der Waals surface area contributed by atoms with Gasteiger partial charge in [-0.05, 0) is 68.4 Å². The summed E-state index contributed by atoms with van der Waals surface area (Å²) in [5.74, 6) is -0.0949. The van der Waals surface area contributed by atoms with Crippen LogP contribution in [0.15, 0.2) is 48.6 Å². The van der Waals surface area contributed by atoms with Crippen LogP contribution in [0, 0.1) is 17.8 Å². The lowest BCUT2D eigenvalue weighted by atomic mass is 9.74. The van der Waals surface area contributed by atoms with Gasteiger partial charge in [0, 0.05) is 11.5 Å². The van der Waals surface area contributed by atoms with Crippen LogP contribution in [0.2, 0.25) is 0 Å². The zero-order chi connectivity index (χ0) is 25.6. The highest BCUT2D eigenvalue weighted by atomic mass is 16.5. The molecular formula is C30H44O5. The molecule has 194 valence electrons. The fourth-order valence-electron chi connectivity index (χ4n) is 4.75. The molecule has 1 aromatic rings. The van der Waals surface area contributed by atoms with E-state index in [1.165, 1.54) is 43.2 Å². The van der Waals surface area contributed by atoms with Crippen LogP contribution in [0.4, 0.5) is 0 Å². The first-order valence-corrected chi connectivity index (χ1v) is 13.2. The third-order valence-electron chi connectivity index (χ3n) is 7.18. The van der Waals surface area contributed by atoms with Gasteiger partial charge in [0.05, 0.1) is 25.4 Å². The number of esters is 2. The van der Waals surface area contributed by atoms with Crippen molar-refractivity contribution >= 4 is 11.9 Å². The number of aliphatic hydroxyl groups excluding tert-OH is 1. The maximum atomic E-state index is 12.0. The lowest BCUT2D eigenvalue weighted by Crippen LogP contribution is -2.31. The van der Waals surface area contributed by atoms with Gasteiger partial charge in [0.1, 0.15) is 0 Å². The first kappa shape index (κ1) is 28.8. The van der Waals surface area contributed by atoms with Gasteiger partial charge in [-0.15, -0.1) is 0 Å². The van der Waals surface area contributed by atoms with Crippen LogP contribution in [0.25, 0.3) is 0 Å². The van der Waals surface area contributed by atoms with Crippen molar-refractivity contribution in [2.75, 3.05) is 19.8 Å². The number of rotatable bonds is 15. The molecule has 1 aliphatic rings. The standard InChI is InChI=1S/C30H44O5/c1-5-6-7-8-24-9-11-25(12-10-24)13-14-26-15-17-27(18-16-26)28(20-34-29(32)22(2)3)21-35-30(33)23(4)19-31/h9-12,26-28,31H,2,4-8,13-21H2,1,3H3. The molecule has 0 aliphatic heterocycles. The van der Waals surface area contributed by atoms with Gasteiger partial charge in [-0.3, -0.25) is 0 Å². The summed E-state index contributed by atoms with van der Waals surface area (Å²) in [6.07, 6.45) is 11.6. The Morgan fingerprint density at radius 1 is 0.943 bits per heavy atom. The van der Waals surface area contributed by atoms with Crippen LogP contribution in [-0.2, 0) is 31.9 Å². The minimum absolute atomic E-state index is 0.0281. The molecule has 0 bridgehead atoms. The fourth-order valence-corrected chi connectivity index (χ4v) is 4.75. The van der Waals surface area contributed by atoms with E-state index in [0.29, 0.717) is 17.4 Å². The van der Waals surface area contributed by atoms with Crippen LogP contribution < -0.4 is 0 Å². The number of benzene rings is 1. The molecule has 1 unspecified atom stereocenters. The second kappa shape index (κ2) is 15.6. The molecular weight excluding hydrogens is 440 g/mol. The van der Waals surface area contributed by atoms with Crippen molar-refractivity contribution in [3.63, 3.8) is 0 Å². The highest BCUT2D eigenvalue weighted by molar-refractivity contribution is 5.88. The van der Waals surface area contributed by atoms with Crippen LogP contribution in [0.5, 0.6) is 0 Å². The highest BCUT2D eigenvalue weighted by Crippen LogP contribution is 2.36. The summed E-state index contributed by atoms with van der Waals surface area (Å²) in [6, 6.07) is 9.14. The van der Waals surface area contributed by atoms with E-state index in [4.69, 9.17) is 14.6 Å². The smallest absolute Gasteiger partial charge is 0.335 e. The molecule has 1 saturated carbocycles. The molecule has 1 aliphatic carbocycles. The predicted octanol–water partition coefficient (Wildman–Crippen LogP) is 5.99. The molecule has 1 N–H and O–H groups in total. The van der Waals surface area contributed by atoms with Crippen molar-refractivity contribution in [1.82, 2.24) is 0 Å². The molecule has 1 aromatic carbocycles. The van der Waals surface area contributed by atoms with Gasteiger partial charge in [0.2, 0.25) is 0 Å². The summed E-state index contributed by atoms with van der Waals surface area (Å²) in [7, 11) is 0. The third-order valence-corrected chi connectivity index (χ3v) is 7.18. The zero-order valence-electron chi connectivity index (χ0n) is 21.7. The van der Waals surface area contributed by atoms with Crippen LogP contribution in [-0.4, -0.2) is 36.9 Å². The van der Waals surface area contributed by atoms with Crippen molar-refractivity contribution < 1.29 is 24.2 Å². The number of aryl methyl sites for hydroxylation is 2. The van der Waals surface area contributed by atoms with E-state index in [-0.39, 0.29) is 24.7 Å². The summed E-state index contributed by atoms with van der Waals surface area (Å²) in [6.45, 7) is 10.9. The molecule has 35 heavy (non-hydrogen) atoms. The molecule has 2 rings (SSSR count). The van der Waals surface area contributed by atoms with Gasteiger partial charge >= 0.3 is 11.9 Å². The third kappa shape index (κ3) is 10.4. The van der Waals surface area contributed by atoms with Crippen molar-refractivity contribution in [3.8, 4) is 0 Å². The van der Waals surface area contributed by atoms with Gasteiger partial charge in [-0.1, -0.05) is 70.0 Å². The van der Waals surface area contributed by atoms with Crippen molar-refractivity contribution in [3.05, 3.63) is 59.7 Å². The second-order valence-electron chi connectivity index (χ2n) is 10.1. The van der Waals surface area contributed by atoms with E-state index in [9.17, 15) is 9.59 Å². The minimum atomic E-state index is -0.603. The zero-order valence-corrected chi connectivity index (χ0v) is 21.7. The van der Waals surface area contributed by atoms with E-state index < -0.39 is 18.5 Å². The van der Waals surface area contributed by atoms with Crippen LogP contribution in [0.1, 0.15) is 76.3 Å². The second-order valence-corrected chi connectivity index (χ2v) is 10.1. The van der Waals surface area contributed by atoms with Gasteiger partial charge in [-0.25, -0.2) is 9.59 Å². The molecule has 0 amide bonds. The number of ether oxygens (including phenoxy) is 2. The molecule has 0 heterocycles. The maximum absolute atomic E-state index is 12.0. The number of carbonyl (C=O) groups is 2. The number of aliphatic hydroxyl groups is 1. The monoisotopic (exact) mass is 484 g/mol. The molecule has 0 spiro atoms. The molecule has 0 saturated heterocycles. The van der Waals surface area contributed by atoms with Gasteiger partial charge in [-0.2, -0.15) is 0 Å². The van der Waals surface area contributed by atoms with Gasteiger partial charge in [0.15, 0.2) is 0 Å². The Labute approximate surface area is 211 Å². The molecule has 0 radical (unpaired) electrons. The Kier molecular flexibility index (Phi) is 12.8. The number of hydrogen-bond acceptors (Lipinski definition) is 5. The molecule has 5 nitrogen and oxygen atoms in total. The van der Waals surface area contributed by atoms with Crippen LogP contribution >= 0.6 is 0 Å². The number of unbranched alkanes of at least 4 members (excludes halogenated alkanes) is 2. The number of hydrogen-bond donors (Lipinski definition) is 1. The Hall–Kier alpha value is -2.40. The summed E-state index contributed by atoms with van der Waals surface area (Å²) >= 11 is 0. The predicted molar refractivity (Wildman–Crippen MR) is 140 cm³/mol. The SMILES string of the molecule is C=C(C)C(=O)OCC(COC(=O)C(=C)CO)C1CCC(CCc2ccc(CCCCC)cc2)CC1. The van der Waals surface area contributed by atoms with Crippen molar-refractivity contribution in [2.45, 2.75) is 78.1 Å². The number of carbonyl (C=O) groups excluding carboxylic acids is 2. The van der Waals surface area contributed by atoms with E-state index in [1.54, 1.807) is 6.92 Å². The Morgan fingerprint density at radius 3 is 2.06 bits per heavy atom. The Morgan fingerprint density at radius 2 is 1.51 bits per heavy atom. The van der Waals surface area contributed by atoms with Crippen LogP contribution in [0.3, 0.4) is 0 Å². The Balaban J connectivity index is 1.82. The largest absolute Gasteiger partial charge is 0.462 e.